The van der Waals surface area contributed by atoms with Crippen molar-refractivity contribution in [3.05, 3.63) is 82.6 Å². The van der Waals surface area contributed by atoms with Crippen LogP contribution in [0.15, 0.2) is 70.7 Å². The van der Waals surface area contributed by atoms with Gasteiger partial charge in [0.1, 0.15) is 17.1 Å². The van der Waals surface area contributed by atoms with E-state index >= 15 is 0 Å². The maximum atomic E-state index is 13.1. The molecule has 2 heterocycles. The van der Waals surface area contributed by atoms with Crippen LogP contribution in [-0.2, 0) is 14.3 Å². The Bertz CT molecular complexity index is 1280. The van der Waals surface area contributed by atoms with Gasteiger partial charge in [-0.2, -0.15) is 0 Å². The maximum Gasteiger partial charge on any atom is 0.338 e. The van der Waals surface area contributed by atoms with Crippen molar-refractivity contribution in [1.82, 2.24) is 5.32 Å². The molecule has 1 aliphatic rings. The maximum absolute atomic E-state index is 13.1. The molecule has 0 atom stereocenters. The first-order valence-electron chi connectivity index (χ1n) is 9.92. The highest BCUT2D eigenvalue weighted by Crippen LogP contribution is 2.27. The summed E-state index contributed by atoms with van der Waals surface area (Å²) in [4.78, 5) is 38.5. The Morgan fingerprint density at radius 1 is 1.09 bits per heavy atom. The summed E-state index contributed by atoms with van der Waals surface area (Å²) in [6.07, 6.45) is 1.36. The minimum atomic E-state index is -0.619. The lowest BCUT2D eigenvalue weighted by molar-refractivity contribution is -0.122. The largest absolute Gasteiger partial charge is 0.462 e. The molecule has 166 valence electrons. The van der Waals surface area contributed by atoms with Crippen molar-refractivity contribution in [1.29, 1.82) is 0 Å². The minimum absolute atomic E-state index is 0.0219. The molecule has 7 nitrogen and oxygen atoms in total. The Hall–Kier alpha value is -3.75. The predicted molar refractivity (Wildman–Crippen MR) is 128 cm³/mol. The lowest BCUT2D eigenvalue weighted by Crippen LogP contribution is -2.54. The standard InChI is InChI=1S/C24H17ClN2O5S/c1-2-31-23(30)15-5-3-14(4-6-15)20-12-11-18(32-20)13-19-21(28)26-24(33)27(22(19)29)17-9-7-16(25)8-10-17/h3-13H,2H2,1H3,(H,26,28,33)/b19-13+. The summed E-state index contributed by atoms with van der Waals surface area (Å²) in [7, 11) is 0. The smallest absolute Gasteiger partial charge is 0.338 e. The van der Waals surface area contributed by atoms with Gasteiger partial charge < -0.3 is 9.15 Å². The average Bonchev–Trinajstić information content (AvgIpc) is 3.27. The molecule has 0 spiro atoms. The van der Waals surface area contributed by atoms with Crippen LogP contribution in [0.5, 0.6) is 0 Å². The van der Waals surface area contributed by atoms with Crippen molar-refractivity contribution < 1.29 is 23.5 Å². The van der Waals surface area contributed by atoms with Crippen molar-refractivity contribution in [3.63, 3.8) is 0 Å². The van der Waals surface area contributed by atoms with Crippen molar-refractivity contribution in [3.8, 4) is 11.3 Å². The number of halogens is 1. The van der Waals surface area contributed by atoms with Gasteiger partial charge in [0.25, 0.3) is 11.8 Å². The highest BCUT2D eigenvalue weighted by Gasteiger charge is 2.34. The van der Waals surface area contributed by atoms with E-state index in [2.05, 4.69) is 5.32 Å². The topological polar surface area (TPSA) is 88.9 Å². The fourth-order valence-corrected chi connectivity index (χ4v) is 3.60. The van der Waals surface area contributed by atoms with Gasteiger partial charge in [-0.05, 0) is 73.7 Å². The third-order valence-corrected chi connectivity index (χ3v) is 5.32. The number of thiocarbonyl (C=S) groups is 1. The van der Waals surface area contributed by atoms with Gasteiger partial charge in [0.05, 0.1) is 17.9 Å². The Morgan fingerprint density at radius 2 is 1.79 bits per heavy atom. The Labute approximate surface area is 199 Å². The number of benzene rings is 2. The van der Waals surface area contributed by atoms with Gasteiger partial charge in [0, 0.05) is 10.6 Å². The number of nitrogens with one attached hydrogen (secondary N) is 1. The fraction of sp³-hybridized carbons (Fsp3) is 0.0833. The van der Waals surface area contributed by atoms with E-state index < -0.39 is 17.8 Å². The molecule has 0 bridgehead atoms. The number of esters is 1. The van der Waals surface area contributed by atoms with Gasteiger partial charge in [-0.15, -0.1) is 0 Å². The van der Waals surface area contributed by atoms with Crippen LogP contribution in [0, 0.1) is 0 Å². The first-order valence-corrected chi connectivity index (χ1v) is 10.7. The van der Waals surface area contributed by atoms with Crippen LogP contribution in [0.3, 0.4) is 0 Å². The van der Waals surface area contributed by atoms with Crippen LogP contribution in [0.2, 0.25) is 5.02 Å². The normalized spacial score (nSPS) is 15.0. The third kappa shape index (κ3) is 4.72. The van der Waals surface area contributed by atoms with Gasteiger partial charge in [0.2, 0.25) is 0 Å². The fourth-order valence-electron chi connectivity index (χ4n) is 3.19. The first-order chi connectivity index (χ1) is 15.9. The number of nitrogens with zero attached hydrogens (tertiary/aromatic N) is 1. The van der Waals surface area contributed by atoms with Gasteiger partial charge in [-0.1, -0.05) is 23.7 Å². The minimum Gasteiger partial charge on any atom is -0.462 e. The predicted octanol–water partition coefficient (Wildman–Crippen LogP) is 4.61. The third-order valence-electron chi connectivity index (χ3n) is 4.78. The second kappa shape index (κ2) is 9.40. The number of anilines is 1. The molecule has 0 unspecified atom stereocenters. The highest BCUT2D eigenvalue weighted by atomic mass is 35.5. The molecule has 3 aromatic rings. The lowest BCUT2D eigenvalue weighted by atomic mass is 10.1. The van der Waals surface area contributed by atoms with Crippen LogP contribution in [0.1, 0.15) is 23.0 Å². The molecule has 33 heavy (non-hydrogen) atoms. The molecule has 1 aliphatic heterocycles. The number of ether oxygens (including phenoxy) is 1. The zero-order valence-corrected chi connectivity index (χ0v) is 18.9. The number of carbonyl (C=O) groups excluding carboxylic acids is 3. The second-order valence-corrected chi connectivity index (χ2v) is 7.76. The number of furan rings is 1. The van der Waals surface area contributed by atoms with E-state index in [-0.39, 0.29) is 10.7 Å². The van der Waals surface area contributed by atoms with Crippen LogP contribution in [-0.4, -0.2) is 29.5 Å². The van der Waals surface area contributed by atoms with E-state index in [9.17, 15) is 14.4 Å². The van der Waals surface area contributed by atoms with E-state index in [0.29, 0.717) is 34.4 Å². The van der Waals surface area contributed by atoms with Crippen LogP contribution >= 0.6 is 23.8 Å². The number of hydrogen-bond acceptors (Lipinski definition) is 6. The summed E-state index contributed by atoms with van der Waals surface area (Å²) in [5, 5.41) is 3.00. The molecule has 1 saturated heterocycles. The van der Waals surface area contributed by atoms with Crippen molar-refractivity contribution in [2.24, 2.45) is 0 Å². The number of hydrogen-bond donors (Lipinski definition) is 1. The van der Waals surface area contributed by atoms with Crippen LogP contribution in [0.4, 0.5) is 5.69 Å². The van der Waals surface area contributed by atoms with Gasteiger partial charge in [0.15, 0.2) is 5.11 Å². The van der Waals surface area contributed by atoms with Crippen molar-refractivity contribution in [2.75, 3.05) is 11.5 Å². The van der Waals surface area contributed by atoms with E-state index in [4.69, 9.17) is 33.0 Å². The molecule has 1 N–H and O–H groups in total. The van der Waals surface area contributed by atoms with Crippen molar-refractivity contribution in [2.45, 2.75) is 6.92 Å². The zero-order chi connectivity index (χ0) is 23.5. The Morgan fingerprint density at radius 3 is 2.45 bits per heavy atom. The molecule has 9 heteroatoms. The summed E-state index contributed by atoms with van der Waals surface area (Å²) in [6.45, 7) is 2.04. The van der Waals surface area contributed by atoms with Gasteiger partial charge in [-0.25, -0.2) is 4.79 Å². The molecular weight excluding hydrogens is 464 g/mol. The number of amides is 2. The monoisotopic (exact) mass is 480 g/mol. The van der Waals surface area contributed by atoms with Gasteiger partial charge in [-0.3, -0.25) is 19.8 Å². The van der Waals surface area contributed by atoms with Crippen molar-refractivity contribution >= 4 is 58.5 Å². The second-order valence-electron chi connectivity index (χ2n) is 6.93. The highest BCUT2D eigenvalue weighted by molar-refractivity contribution is 7.80. The Kier molecular flexibility index (Phi) is 6.39. The van der Waals surface area contributed by atoms with E-state index in [0.717, 1.165) is 5.56 Å². The van der Waals surface area contributed by atoms with Crippen LogP contribution in [0.25, 0.3) is 17.4 Å². The molecule has 4 rings (SSSR count). The van der Waals surface area contributed by atoms with Crippen LogP contribution < -0.4 is 10.2 Å². The lowest BCUT2D eigenvalue weighted by Gasteiger charge is -2.28. The quantitative estimate of drug-likeness (QED) is 0.248. The molecule has 0 aliphatic carbocycles. The Balaban J connectivity index is 1.59. The SMILES string of the molecule is CCOC(=O)c1ccc(-c2ccc(/C=C3\C(=O)NC(=S)N(c4ccc(Cl)cc4)C3=O)o2)cc1. The molecule has 0 radical (unpaired) electrons. The van der Waals surface area contributed by atoms with E-state index in [1.807, 2.05) is 0 Å². The molecule has 0 saturated carbocycles. The molecule has 2 amide bonds. The molecular formula is C24H17ClN2O5S. The van der Waals surface area contributed by atoms with E-state index in [1.54, 1.807) is 67.6 Å². The average molecular weight is 481 g/mol. The summed E-state index contributed by atoms with van der Waals surface area (Å²) < 4.78 is 10.8. The summed E-state index contributed by atoms with van der Waals surface area (Å²) in [5.41, 5.74) is 1.49. The number of rotatable bonds is 5. The van der Waals surface area contributed by atoms with Gasteiger partial charge >= 0.3 is 5.97 Å². The molecule has 1 aromatic heterocycles. The molecule has 1 fully saturated rings. The number of carbonyl (C=O) groups is 3. The first kappa shape index (κ1) is 22.4. The summed E-state index contributed by atoms with van der Waals surface area (Å²) in [5.74, 6) is -0.790. The zero-order valence-electron chi connectivity index (χ0n) is 17.3. The van der Waals surface area contributed by atoms with E-state index in [1.165, 1.54) is 11.0 Å². The summed E-state index contributed by atoms with van der Waals surface area (Å²) >= 11 is 11.1. The summed E-state index contributed by atoms with van der Waals surface area (Å²) in [6, 6.07) is 16.6. The molecule has 2 aromatic carbocycles.